The summed E-state index contributed by atoms with van der Waals surface area (Å²) in [7, 11) is 0. The van der Waals surface area contributed by atoms with E-state index >= 15 is 0 Å². The number of hydrogen-bond donors (Lipinski definition) is 1. The van der Waals surface area contributed by atoms with Crippen LogP contribution in [0, 0.1) is 0 Å². The SMILES string of the molecule is CCOC(=O)/C=C/c1cc2cc(O)c(N(CC)CC)cc2oc1=O. The molecular weight excluding hydrogens is 310 g/mol. The van der Waals surface area contributed by atoms with Crippen LogP contribution in [0.4, 0.5) is 5.69 Å². The Balaban J connectivity index is 2.46. The number of hydrogen-bond acceptors (Lipinski definition) is 6. The second-order valence-electron chi connectivity index (χ2n) is 5.13. The third kappa shape index (κ3) is 3.76. The normalized spacial score (nSPS) is 11.1. The quantitative estimate of drug-likeness (QED) is 0.498. The van der Waals surface area contributed by atoms with Crippen molar-refractivity contribution in [2.45, 2.75) is 20.8 Å². The van der Waals surface area contributed by atoms with Gasteiger partial charge in [-0.05, 0) is 39.0 Å². The minimum Gasteiger partial charge on any atom is -0.506 e. The first kappa shape index (κ1) is 17.6. The summed E-state index contributed by atoms with van der Waals surface area (Å²) < 4.78 is 10.1. The van der Waals surface area contributed by atoms with E-state index in [4.69, 9.17) is 9.15 Å². The van der Waals surface area contributed by atoms with Crippen LogP contribution < -0.4 is 10.5 Å². The van der Waals surface area contributed by atoms with E-state index in [0.717, 1.165) is 13.1 Å². The fraction of sp³-hybridized carbons (Fsp3) is 0.333. The van der Waals surface area contributed by atoms with Crippen molar-refractivity contribution in [3.63, 3.8) is 0 Å². The fourth-order valence-electron chi connectivity index (χ4n) is 2.44. The topological polar surface area (TPSA) is 80.0 Å². The van der Waals surface area contributed by atoms with Crippen LogP contribution in [-0.4, -0.2) is 30.8 Å². The van der Waals surface area contributed by atoms with Crippen molar-refractivity contribution in [3.8, 4) is 5.75 Å². The Bertz CT molecular complexity index is 818. The third-order valence-corrected chi connectivity index (χ3v) is 3.65. The molecule has 6 heteroatoms. The first-order valence-electron chi connectivity index (χ1n) is 7.90. The largest absolute Gasteiger partial charge is 0.506 e. The van der Waals surface area contributed by atoms with Gasteiger partial charge in [0, 0.05) is 30.6 Å². The van der Waals surface area contributed by atoms with Gasteiger partial charge in [0.15, 0.2) is 0 Å². The van der Waals surface area contributed by atoms with Crippen LogP contribution in [-0.2, 0) is 9.53 Å². The number of fused-ring (bicyclic) bond motifs is 1. The lowest BCUT2D eigenvalue weighted by molar-refractivity contribution is -0.137. The van der Waals surface area contributed by atoms with Gasteiger partial charge in [0.2, 0.25) is 0 Å². The Hall–Kier alpha value is -2.76. The molecule has 0 amide bonds. The van der Waals surface area contributed by atoms with Crippen molar-refractivity contribution in [3.05, 3.63) is 40.3 Å². The molecule has 128 valence electrons. The number of phenolic OH excluding ortho intramolecular Hbond substituents is 1. The van der Waals surface area contributed by atoms with Gasteiger partial charge in [-0.1, -0.05) is 0 Å². The van der Waals surface area contributed by atoms with Gasteiger partial charge in [0.25, 0.3) is 0 Å². The first-order chi connectivity index (χ1) is 11.5. The highest BCUT2D eigenvalue weighted by Crippen LogP contribution is 2.32. The van der Waals surface area contributed by atoms with Crippen LogP contribution in [0.5, 0.6) is 5.75 Å². The zero-order chi connectivity index (χ0) is 17.7. The molecule has 1 aromatic carbocycles. The molecule has 1 N–H and O–H groups in total. The van der Waals surface area contributed by atoms with Crippen LogP contribution in [0.15, 0.2) is 33.5 Å². The highest BCUT2D eigenvalue weighted by atomic mass is 16.5. The lowest BCUT2D eigenvalue weighted by Crippen LogP contribution is -2.21. The smallest absolute Gasteiger partial charge is 0.343 e. The predicted molar refractivity (Wildman–Crippen MR) is 93.4 cm³/mol. The average molecular weight is 331 g/mol. The molecule has 2 rings (SSSR count). The van der Waals surface area contributed by atoms with Crippen LogP contribution >= 0.6 is 0 Å². The maximum atomic E-state index is 12.1. The maximum Gasteiger partial charge on any atom is 0.343 e. The number of rotatable bonds is 6. The molecule has 0 fully saturated rings. The van der Waals surface area contributed by atoms with Crippen molar-refractivity contribution in [2.24, 2.45) is 0 Å². The molecule has 0 atom stereocenters. The van der Waals surface area contributed by atoms with Gasteiger partial charge in [-0.3, -0.25) is 0 Å². The van der Waals surface area contributed by atoms with Crippen molar-refractivity contribution < 1.29 is 19.1 Å². The van der Waals surface area contributed by atoms with Gasteiger partial charge < -0.3 is 19.2 Å². The van der Waals surface area contributed by atoms with E-state index in [9.17, 15) is 14.7 Å². The predicted octanol–water partition coefficient (Wildman–Crippen LogP) is 2.92. The Morgan fingerprint density at radius 3 is 2.58 bits per heavy atom. The van der Waals surface area contributed by atoms with Gasteiger partial charge in [0.1, 0.15) is 11.3 Å². The highest BCUT2D eigenvalue weighted by Gasteiger charge is 2.12. The molecule has 0 aliphatic heterocycles. The summed E-state index contributed by atoms with van der Waals surface area (Å²) in [6.07, 6.45) is 2.52. The van der Waals surface area contributed by atoms with Crippen LogP contribution in [0.25, 0.3) is 17.0 Å². The molecule has 0 unspecified atom stereocenters. The fourth-order valence-corrected chi connectivity index (χ4v) is 2.44. The lowest BCUT2D eigenvalue weighted by atomic mass is 10.1. The number of benzene rings is 1. The van der Waals surface area contributed by atoms with Gasteiger partial charge in [0.05, 0.1) is 17.9 Å². The average Bonchev–Trinajstić information content (AvgIpc) is 2.55. The summed E-state index contributed by atoms with van der Waals surface area (Å²) in [5, 5.41) is 10.8. The summed E-state index contributed by atoms with van der Waals surface area (Å²) >= 11 is 0. The van der Waals surface area contributed by atoms with Crippen molar-refractivity contribution in [1.82, 2.24) is 0 Å². The number of nitrogens with zero attached hydrogens (tertiary/aromatic N) is 1. The Morgan fingerprint density at radius 2 is 1.96 bits per heavy atom. The van der Waals surface area contributed by atoms with Crippen LogP contribution in [0.2, 0.25) is 0 Å². The zero-order valence-corrected chi connectivity index (χ0v) is 14.0. The van der Waals surface area contributed by atoms with E-state index in [1.165, 1.54) is 12.2 Å². The second kappa shape index (κ2) is 7.68. The molecule has 24 heavy (non-hydrogen) atoms. The minimum atomic E-state index is -0.556. The molecule has 0 bridgehead atoms. The molecule has 0 aliphatic rings. The molecule has 1 heterocycles. The Kier molecular flexibility index (Phi) is 5.63. The second-order valence-corrected chi connectivity index (χ2v) is 5.13. The molecule has 6 nitrogen and oxygen atoms in total. The summed E-state index contributed by atoms with van der Waals surface area (Å²) in [6.45, 7) is 7.36. The third-order valence-electron chi connectivity index (χ3n) is 3.65. The molecule has 2 aromatic rings. The van der Waals surface area contributed by atoms with E-state index in [1.807, 2.05) is 18.7 Å². The van der Waals surface area contributed by atoms with E-state index in [0.29, 0.717) is 16.7 Å². The number of carbonyl (C=O) groups excluding carboxylic acids is 1. The number of ether oxygens (including phenoxy) is 1. The lowest BCUT2D eigenvalue weighted by Gasteiger charge is -2.22. The standard InChI is InChI=1S/C18H21NO5/c1-4-19(5-2)14-11-16-13(10-15(14)20)9-12(18(22)24-16)7-8-17(21)23-6-3/h7-11,20H,4-6H2,1-3H3/b8-7+. The number of aromatic hydroxyl groups is 1. The summed E-state index contributed by atoms with van der Waals surface area (Å²) in [5.41, 5.74) is 0.656. The monoisotopic (exact) mass is 331 g/mol. The van der Waals surface area contributed by atoms with E-state index in [1.54, 1.807) is 25.1 Å². The Morgan fingerprint density at radius 1 is 1.25 bits per heavy atom. The molecular formula is C18H21NO5. The molecule has 1 aromatic heterocycles. The van der Waals surface area contributed by atoms with E-state index < -0.39 is 11.6 Å². The molecule has 0 saturated heterocycles. The summed E-state index contributed by atoms with van der Waals surface area (Å²) in [4.78, 5) is 25.4. The zero-order valence-electron chi connectivity index (χ0n) is 14.0. The van der Waals surface area contributed by atoms with E-state index in [-0.39, 0.29) is 17.9 Å². The van der Waals surface area contributed by atoms with Gasteiger partial charge in [-0.2, -0.15) is 0 Å². The number of anilines is 1. The first-order valence-corrected chi connectivity index (χ1v) is 7.90. The number of esters is 1. The summed E-state index contributed by atoms with van der Waals surface area (Å²) in [5.74, 6) is -0.419. The van der Waals surface area contributed by atoms with Gasteiger partial charge in [-0.15, -0.1) is 0 Å². The number of phenols is 1. The molecule has 0 spiro atoms. The van der Waals surface area contributed by atoms with Crippen molar-refractivity contribution in [2.75, 3.05) is 24.6 Å². The maximum absolute atomic E-state index is 12.1. The molecule has 0 aliphatic carbocycles. The minimum absolute atomic E-state index is 0.111. The van der Waals surface area contributed by atoms with Crippen molar-refractivity contribution >= 4 is 28.7 Å². The van der Waals surface area contributed by atoms with E-state index in [2.05, 4.69) is 0 Å². The molecule has 0 saturated carbocycles. The highest BCUT2D eigenvalue weighted by molar-refractivity contribution is 5.89. The van der Waals surface area contributed by atoms with Crippen molar-refractivity contribution in [1.29, 1.82) is 0 Å². The van der Waals surface area contributed by atoms with Gasteiger partial charge in [-0.25, -0.2) is 9.59 Å². The van der Waals surface area contributed by atoms with Crippen LogP contribution in [0.1, 0.15) is 26.3 Å². The Labute approximate surface area is 140 Å². The summed E-state index contributed by atoms with van der Waals surface area (Å²) in [6, 6.07) is 4.77. The molecule has 0 radical (unpaired) electrons. The number of carbonyl (C=O) groups is 1. The van der Waals surface area contributed by atoms with Crippen LogP contribution in [0.3, 0.4) is 0 Å². The van der Waals surface area contributed by atoms with Gasteiger partial charge >= 0.3 is 11.6 Å².